The molecule has 2 aliphatic heterocycles. The second kappa shape index (κ2) is 11.6. The van der Waals surface area contributed by atoms with Gasteiger partial charge in [0, 0.05) is 23.4 Å². The Morgan fingerprint density at radius 2 is 2.26 bits per heavy atom. The van der Waals surface area contributed by atoms with Gasteiger partial charge in [-0.2, -0.15) is 9.36 Å². The number of amides is 2. The summed E-state index contributed by atoms with van der Waals surface area (Å²) in [6.07, 6.45) is 2.67. The maximum Gasteiger partial charge on any atom is 0.352 e. The molecule has 4 N–H and O–H groups in total. The highest BCUT2D eigenvalue weighted by molar-refractivity contribution is 8.02. The van der Waals surface area contributed by atoms with E-state index in [0.29, 0.717) is 10.6 Å². The molecule has 2 aromatic heterocycles. The van der Waals surface area contributed by atoms with Crippen LogP contribution in [0.4, 0.5) is 10.8 Å². The van der Waals surface area contributed by atoms with Crippen LogP contribution in [-0.2, 0) is 19.2 Å². The highest BCUT2D eigenvalue weighted by Crippen LogP contribution is 2.41. The van der Waals surface area contributed by atoms with Crippen molar-refractivity contribution in [2.24, 2.45) is 5.16 Å². The number of nitrogens with two attached hydrogens (primary N) is 1. The maximum absolute atomic E-state index is 12.9. The molecule has 0 aromatic carbocycles. The summed E-state index contributed by atoms with van der Waals surface area (Å²) in [6.45, 7) is 1.84. The Morgan fingerprint density at radius 3 is 2.87 bits per heavy atom. The fourth-order valence-electron chi connectivity index (χ4n) is 3.36. The number of hydrogen-bond donors (Lipinski definition) is 3. The molecule has 2 aliphatic rings. The van der Waals surface area contributed by atoms with Crippen LogP contribution in [0.3, 0.4) is 0 Å². The molecule has 18 heteroatoms. The largest absolute Gasteiger partial charge is 0.477 e. The lowest BCUT2D eigenvalue weighted by molar-refractivity contribution is -0.385. The summed E-state index contributed by atoms with van der Waals surface area (Å²) >= 11 is 3.27. The second-order valence-corrected chi connectivity index (χ2v) is 10.2. The molecule has 4 heterocycles. The van der Waals surface area contributed by atoms with Crippen molar-refractivity contribution in [3.05, 3.63) is 57.0 Å². The number of hydrogen-bond acceptors (Lipinski definition) is 14. The number of carbonyl (C=O) groups is 3. The number of thioether (sulfide) groups is 2. The van der Waals surface area contributed by atoms with Gasteiger partial charge in [0.25, 0.3) is 17.5 Å². The van der Waals surface area contributed by atoms with Crippen molar-refractivity contribution >= 4 is 69.4 Å². The lowest BCUT2D eigenvalue weighted by atomic mass is 10.0. The number of oxime groups is 1. The van der Waals surface area contributed by atoms with E-state index in [-0.39, 0.29) is 40.4 Å². The van der Waals surface area contributed by atoms with Crippen molar-refractivity contribution in [2.45, 2.75) is 23.4 Å². The van der Waals surface area contributed by atoms with Crippen LogP contribution >= 0.6 is 35.1 Å². The van der Waals surface area contributed by atoms with Crippen LogP contribution in [0.1, 0.15) is 12.7 Å². The van der Waals surface area contributed by atoms with Gasteiger partial charge in [0.2, 0.25) is 11.5 Å². The first-order chi connectivity index (χ1) is 18.2. The number of nitrogen functional groups attached to an aromatic ring is 1. The number of β-lactam (4-membered cyclic amide) rings is 1. The van der Waals surface area contributed by atoms with Crippen LogP contribution in [0.25, 0.3) is 0 Å². The van der Waals surface area contributed by atoms with Gasteiger partial charge in [0.1, 0.15) is 34.9 Å². The minimum Gasteiger partial charge on any atom is -0.477 e. The number of anilines is 1. The zero-order valence-electron chi connectivity index (χ0n) is 19.3. The molecule has 0 radical (unpaired) electrons. The Kier molecular flexibility index (Phi) is 8.23. The molecule has 0 spiro atoms. The van der Waals surface area contributed by atoms with Gasteiger partial charge < -0.3 is 21.0 Å². The number of nitrogens with zero attached hydrogens (tertiary/aromatic N) is 6. The number of aromatic nitrogens is 3. The predicted octanol–water partition coefficient (Wildman–Crippen LogP) is 1.21. The minimum absolute atomic E-state index is 0.0584. The van der Waals surface area contributed by atoms with Crippen LogP contribution in [0.15, 0.2) is 51.3 Å². The number of fused-ring (bicyclic) bond motifs is 1. The van der Waals surface area contributed by atoms with Crippen molar-refractivity contribution in [2.75, 3.05) is 18.1 Å². The van der Waals surface area contributed by atoms with Gasteiger partial charge in [0.05, 0.1) is 4.92 Å². The molecule has 4 rings (SSSR count). The number of aliphatic carboxylic acids is 1. The van der Waals surface area contributed by atoms with Crippen LogP contribution in [0.5, 0.6) is 0 Å². The number of carboxylic acids is 1. The van der Waals surface area contributed by atoms with E-state index in [9.17, 15) is 29.6 Å². The Balaban J connectivity index is 1.47. The summed E-state index contributed by atoms with van der Waals surface area (Å²) in [4.78, 5) is 62.1. The summed E-state index contributed by atoms with van der Waals surface area (Å²) in [5.41, 5.74) is 5.36. The van der Waals surface area contributed by atoms with E-state index in [1.165, 1.54) is 23.9 Å². The highest BCUT2D eigenvalue weighted by Gasteiger charge is 2.54. The smallest absolute Gasteiger partial charge is 0.352 e. The predicted molar refractivity (Wildman–Crippen MR) is 138 cm³/mol. The Hall–Kier alpha value is -4.03. The molecule has 2 amide bonds. The lowest BCUT2D eigenvalue weighted by Crippen LogP contribution is -2.71. The van der Waals surface area contributed by atoms with E-state index in [4.69, 9.17) is 10.6 Å². The Morgan fingerprint density at radius 1 is 1.47 bits per heavy atom. The summed E-state index contributed by atoms with van der Waals surface area (Å²) in [5.74, 6) is -2.49. The normalized spacial score (nSPS) is 19.2. The first kappa shape index (κ1) is 27.0. The van der Waals surface area contributed by atoms with E-state index < -0.39 is 34.1 Å². The van der Waals surface area contributed by atoms with Gasteiger partial charge in [-0.25, -0.2) is 9.78 Å². The van der Waals surface area contributed by atoms with Crippen LogP contribution in [0.2, 0.25) is 0 Å². The molecule has 1 saturated heterocycles. The standard InChI is InChI=1S/C20H18N8O7S3/c1-2-35-25-12(15-24-20(21)38-26-15)16(29)23-13-17(30)27-14(19(31)32)9(8-37-18(13)27)5-6-36-11-4-3-10(7-22-11)28(33)34/h3-7,13,18H,2,8H2,1H3,(H,23,29)(H,31,32)(H2,21,24,26)/b6-5+,25-12+. The van der Waals surface area contributed by atoms with Crippen molar-refractivity contribution < 1.29 is 29.3 Å². The quantitative estimate of drug-likeness (QED) is 0.119. The fraction of sp³-hybridized carbons (Fsp3) is 0.250. The molecular weight excluding hydrogens is 560 g/mol. The SMILES string of the molecule is CCO/N=C(/C(=O)NC1C(=O)N2C(C(=O)O)=C(/C=C/Sc3ccc([N+](=O)[O-])cn3)CSC12)c1nsc(N)n1. The van der Waals surface area contributed by atoms with Gasteiger partial charge >= 0.3 is 5.97 Å². The molecule has 0 bridgehead atoms. The third-order valence-corrected chi connectivity index (χ3v) is 7.63. The molecular formula is C20H18N8O7S3. The van der Waals surface area contributed by atoms with E-state index in [0.717, 1.165) is 34.4 Å². The summed E-state index contributed by atoms with van der Waals surface area (Å²) in [6, 6.07) is 1.77. The topological polar surface area (TPSA) is 216 Å². The molecule has 15 nitrogen and oxygen atoms in total. The Labute approximate surface area is 226 Å². The number of carbonyl (C=O) groups excluding carboxylic acids is 2. The van der Waals surface area contributed by atoms with Crippen molar-refractivity contribution in [3.8, 4) is 0 Å². The van der Waals surface area contributed by atoms with Crippen molar-refractivity contribution in [1.29, 1.82) is 0 Å². The first-order valence-corrected chi connectivity index (χ1v) is 13.4. The molecule has 0 saturated carbocycles. The maximum atomic E-state index is 12.9. The molecule has 1 fully saturated rings. The third kappa shape index (κ3) is 5.60. The molecule has 38 heavy (non-hydrogen) atoms. The number of nitro groups is 1. The minimum atomic E-state index is -1.30. The zero-order valence-corrected chi connectivity index (χ0v) is 21.8. The number of pyridine rings is 1. The Bertz CT molecular complexity index is 1370. The molecule has 2 unspecified atom stereocenters. The van der Waals surface area contributed by atoms with Crippen molar-refractivity contribution in [1.82, 2.24) is 24.6 Å². The van der Waals surface area contributed by atoms with Gasteiger partial charge in [-0.3, -0.25) is 24.6 Å². The van der Waals surface area contributed by atoms with Gasteiger partial charge in [-0.1, -0.05) is 16.9 Å². The number of allylic oxidation sites excluding steroid dienone is 1. The number of rotatable bonds is 10. The van der Waals surface area contributed by atoms with E-state index >= 15 is 0 Å². The monoisotopic (exact) mass is 578 g/mol. The summed E-state index contributed by atoms with van der Waals surface area (Å²) in [5, 5.41) is 28.4. The summed E-state index contributed by atoms with van der Waals surface area (Å²) < 4.78 is 3.95. The second-order valence-electron chi connectivity index (χ2n) is 7.39. The molecule has 2 aromatic rings. The van der Waals surface area contributed by atoms with E-state index in [2.05, 4.69) is 24.8 Å². The van der Waals surface area contributed by atoms with Gasteiger partial charge in [-0.15, -0.1) is 11.8 Å². The summed E-state index contributed by atoms with van der Waals surface area (Å²) in [7, 11) is 0. The highest BCUT2D eigenvalue weighted by atomic mass is 32.2. The fourth-order valence-corrected chi connectivity index (χ4v) is 5.75. The van der Waals surface area contributed by atoms with Gasteiger partial charge in [-0.05, 0) is 30.0 Å². The van der Waals surface area contributed by atoms with E-state index in [1.54, 1.807) is 18.4 Å². The average Bonchev–Trinajstić information content (AvgIpc) is 3.32. The van der Waals surface area contributed by atoms with Crippen LogP contribution < -0.4 is 11.1 Å². The lowest BCUT2D eigenvalue weighted by Gasteiger charge is -2.49. The average molecular weight is 579 g/mol. The van der Waals surface area contributed by atoms with Crippen LogP contribution in [-0.4, -0.2) is 76.5 Å². The first-order valence-electron chi connectivity index (χ1n) is 10.7. The van der Waals surface area contributed by atoms with Crippen molar-refractivity contribution in [3.63, 3.8) is 0 Å². The van der Waals surface area contributed by atoms with E-state index in [1.807, 2.05) is 0 Å². The molecule has 0 aliphatic carbocycles. The molecule has 2 atom stereocenters. The molecule has 198 valence electrons. The number of nitrogens with one attached hydrogen (secondary N) is 1. The third-order valence-electron chi connectivity index (χ3n) is 5.03. The zero-order chi connectivity index (χ0) is 27.4. The van der Waals surface area contributed by atoms with Crippen LogP contribution in [0, 0.1) is 10.1 Å². The number of carboxylic acid groups (broad SMARTS) is 1. The van der Waals surface area contributed by atoms with Gasteiger partial charge in [0.15, 0.2) is 5.13 Å².